The Kier molecular flexibility index (Phi) is 4.78. The van der Waals surface area contributed by atoms with Gasteiger partial charge in [-0.2, -0.15) is 5.10 Å². The van der Waals surface area contributed by atoms with Crippen molar-refractivity contribution < 1.29 is 17.9 Å². The Bertz CT molecular complexity index is 1460. The number of benzene rings is 2. The lowest BCUT2D eigenvalue weighted by atomic mass is 10.1. The zero-order valence-electron chi connectivity index (χ0n) is 17.9. The Morgan fingerprint density at radius 2 is 1.75 bits per heavy atom. The maximum absolute atomic E-state index is 13.3. The highest BCUT2D eigenvalue weighted by atomic mass is 32.2. The zero-order chi connectivity index (χ0) is 22.5. The summed E-state index contributed by atoms with van der Waals surface area (Å²) in [7, 11) is -3.85. The third-order valence-corrected chi connectivity index (χ3v) is 6.88. The van der Waals surface area contributed by atoms with Gasteiger partial charge in [-0.25, -0.2) is 17.9 Å². The molecule has 0 spiro atoms. The monoisotopic (exact) mass is 450 g/mol. The molecule has 0 radical (unpaired) electrons. The van der Waals surface area contributed by atoms with E-state index in [-0.39, 0.29) is 4.90 Å². The van der Waals surface area contributed by atoms with Gasteiger partial charge in [0.25, 0.3) is 10.0 Å². The molecule has 1 aliphatic heterocycles. The second-order valence-electron chi connectivity index (χ2n) is 7.78. The first-order valence-electron chi connectivity index (χ1n) is 10.2. The fraction of sp³-hybridized carbons (Fsp3) is 0.217. The number of rotatable bonds is 4. The van der Waals surface area contributed by atoms with Gasteiger partial charge >= 0.3 is 0 Å². The zero-order valence-corrected chi connectivity index (χ0v) is 18.7. The van der Waals surface area contributed by atoms with Gasteiger partial charge in [0.2, 0.25) is 0 Å². The van der Waals surface area contributed by atoms with Gasteiger partial charge in [0.15, 0.2) is 17.1 Å². The molecular formula is C23H22N4O4S. The fourth-order valence-electron chi connectivity index (χ4n) is 3.85. The van der Waals surface area contributed by atoms with Crippen molar-refractivity contribution in [3.8, 4) is 22.6 Å². The quantitative estimate of drug-likeness (QED) is 0.507. The standard InChI is InChI=1S/C23H22N4O4S/c1-14-4-5-17(19-13-24-27-16(3)10-15(2)25-23(19)27)11-22(14)32(28,29)26-18-6-7-20-21(12-18)31-9-8-30-20/h4-7,10-13,26H,8-9H2,1-3H3. The van der Waals surface area contributed by atoms with Crippen molar-refractivity contribution in [2.24, 2.45) is 0 Å². The highest BCUT2D eigenvalue weighted by Gasteiger charge is 2.21. The second-order valence-corrected chi connectivity index (χ2v) is 9.43. The SMILES string of the molecule is Cc1cc(C)n2ncc(-c3ccc(C)c(S(=O)(=O)Nc4ccc5c(c4)OCCO5)c3)c2n1. The van der Waals surface area contributed by atoms with Gasteiger partial charge in [-0.1, -0.05) is 12.1 Å². The molecule has 9 heteroatoms. The number of nitrogens with zero attached hydrogens (tertiary/aromatic N) is 3. The van der Waals surface area contributed by atoms with E-state index in [4.69, 9.17) is 9.47 Å². The number of aryl methyl sites for hydroxylation is 3. The van der Waals surface area contributed by atoms with Crippen LogP contribution in [0.2, 0.25) is 0 Å². The number of nitrogens with one attached hydrogen (secondary N) is 1. The van der Waals surface area contributed by atoms with Crippen molar-refractivity contribution in [1.29, 1.82) is 0 Å². The molecule has 0 fully saturated rings. The highest BCUT2D eigenvalue weighted by Crippen LogP contribution is 2.34. The summed E-state index contributed by atoms with van der Waals surface area (Å²) < 4.78 is 42.0. The lowest BCUT2D eigenvalue weighted by Crippen LogP contribution is -2.17. The first kappa shape index (κ1) is 20.3. The predicted octanol–water partition coefficient (Wildman–Crippen LogP) is 3.89. The molecule has 8 nitrogen and oxygen atoms in total. The summed E-state index contributed by atoms with van der Waals surface area (Å²) in [6.45, 7) is 6.55. The first-order valence-corrected chi connectivity index (χ1v) is 11.7. The normalized spacial score (nSPS) is 13.3. The van der Waals surface area contributed by atoms with Crippen LogP contribution in [0.25, 0.3) is 16.8 Å². The number of ether oxygens (including phenoxy) is 2. The van der Waals surface area contributed by atoms with E-state index in [0.717, 1.165) is 22.5 Å². The molecule has 4 aromatic rings. The van der Waals surface area contributed by atoms with Crippen LogP contribution in [0.3, 0.4) is 0 Å². The molecule has 1 N–H and O–H groups in total. The molecule has 32 heavy (non-hydrogen) atoms. The maximum atomic E-state index is 13.3. The first-order chi connectivity index (χ1) is 15.3. The Balaban J connectivity index is 1.54. The smallest absolute Gasteiger partial charge is 0.262 e. The predicted molar refractivity (Wildman–Crippen MR) is 121 cm³/mol. The van der Waals surface area contributed by atoms with Gasteiger partial charge in [-0.3, -0.25) is 4.72 Å². The van der Waals surface area contributed by atoms with Crippen LogP contribution in [0, 0.1) is 20.8 Å². The summed E-state index contributed by atoms with van der Waals surface area (Å²) >= 11 is 0. The lowest BCUT2D eigenvalue weighted by molar-refractivity contribution is 0.171. The number of hydrogen-bond donors (Lipinski definition) is 1. The Morgan fingerprint density at radius 3 is 2.56 bits per heavy atom. The molecule has 0 aliphatic carbocycles. The van der Waals surface area contributed by atoms with Crippen molar-refractivity contribution in [3.63, 3.8) is 0 Å². The molecule has 164 valence electrons. The van der Waals surface area contributed by atoms with Crippen LogP contribution in [0.4, 0.5) is 5.69 Å². The summed E-state index contributed by atoms with van der Waals surface area (Å²) in [5.41, 5.74) is 5.06. The summed E-state index contributed by atoms with van der Waals surface area (Å²) in [6.07, 6.45) is 1.71. The van der Waals surface area contributed by atoms with Gasteiger partial charge in [0.1, 0.15) is 13.2 Å². The average Bonchev–Trinajstić information content (AvgIpc) is 3.18. The van der Waals surface area contributed by atoms with Crippen LogP contribution in [-0.4, -0.2) is 36.2 Å². The van der Waals surface area contributed by atoms with Crippen LogP contribution in [0.15, 0.2) is 53.6 Å². The van der Waals surface area contributed by atoms with E-state index in [0.29, 0.717) is 41.6 Å². The number of hydrogen-bond acceptors (Lipinski definition) is 6. The van der Waals surface area contributed by atoms with Gasteiger partial charge < -0.3 is 9.47 Å². The van der Waals surface area contributed by atoms with E-state index in [1.54, 1.807) is 48.0 Å². The Labute approximate surface area is 185 Å². The summed E-state index contributed by atoms with van der Waals surface area (Å²) in [5.74, 6) is 1.12. The van der Waals surface area contributed by atoms with Gasteiger partial charge in [0, 0.05) is 23.0 Å². The van der Waals surface area contributed by atoms with Gasteiger partial charge in [-0.15, -0.1) is 0 Å². The van der Waals surface area contributed by atoms with Crippen LogP contribution in [-0.2, 0) is 10.0 Å². The van der Waals surface area contributed by atoms with Crippen LogP contribution >= 0.6 is 0 Å². The molecule has 0 amide bonds. The Hall–Kier alpha value is -3.59. The van der Waals surface area contributed by atoms with E-state index in [1.165, 1.54) is 0 Å². The molecule has 2 aromatic heterocycles. The topological polar surface area (TPSA) is 94.8 Å². The molecule has 0 bridgehead atoms. The van der Waals surface area contributed by atoms with E-state index < -0.39 is 10.0 Å². The summed E-state index contributed by atoms with van der Waals surface area (Å²) in [5, 5.41) is 4.42. The molecule has 0 unspecified atom stereocenters. The molecule has 1 aliphatic rings. The van der Waals surface area contributed by atoms with Crippen molar-refractivity contribution in [1.82, 2.24) is 14.6 Å². The number of aromatic nitrogens is 3. The highest BCUT2D eigenvalue weighted by molar-refractivity contribution is 7.92. The maximum Gasteiger partial charge on any atom is 0.262 e. The summed E-state index contributed by atoms with van der Waals surface area (Å²) in [6, 6.07) is 12.3. The third-order valence-electron chi connectivity index (χ3n) is 5.36. The molecule has 0 atom stereocenters. The van der Waals surface area contributed by atoms with E-state index in [9.17, 15) is 8.42 Å². The minimum absolute atomic E-state index is 0.189. The lowest BCUT2D eigenvalue weighted by Gasteiger charge is -2.19. The van der Waals surface area contributed by atoms with E-state index >= 15 is 0 Å². The Morgan fingerprint density at radius 1 is 0.969 bits per heavy atom. The van der Waals surface area contributed by atoms with Crippen LogP contribution < -0.4 is 14.2 Å². The largest absolute Gasteiger partial charge is 0.486 e. The van der Waals surface area contributed by atoms with Gasteiger partial charge in [-0.05, 0) is 56.2 Å². The van der Waals surface area contributed by atoms with Crippen molar-refractivity contribution in [3.05, 3.63) is 65.6 Å². The van der Waals surface area contributed by atoms with E-state index in [2.05, 4.69) is 14.8 Å². The fourth-order valence-corrected chi connectivity index (χ4v) is 5.17. The number of fused-ring (bicyclic) bond motifs is 2. The van der Waals surface area contributed by atoms with Crippen molar-refractivity contribution in [2.75, 3.05) is 17.9 Å². The van der Waals surface area contributed by atoms with Crippen LogP contribution in [0.5, 0.6) is 11.5 Å². The van der Waals surface area contributed by atoms with Gasteiger partial charge in [0.05, 0.1) is 16.8 Å². The molecule has 5 rings (SSSR count). The molecule has 3 heterocycles. The summed E-state index contributed by atoms with van der Waals surface area (Å²) in [4.78, 5) is 4.79. The average molecular weight is 451 g/mol. The minimum Gasteiger partial charge on any atom is -0.486 e. The van der Waals surface area contributed by atoms with E-state index in [1.807, 2.05) is 26.0 Å². The molecule has 0 saturated carbocycles. The molecular weight excluding hydrogens is 428 g/mol. The second kappa shape index (κ2) is 7.52. The van der Waals surface area contributed by atoms with Crippen molar-refractivity contribution >= 4 is 21.4 Å². The minimum atomic E-state index is -3.85. The molecule has 2 aromatic carbocycles. The number of anilines is 1. The van der Waals surface area contributed by atoms with Crippen LogP contribution in [0.1, 0.15) is 17.0 Å². The van der Waals surface area contributed by atoms with Crippen molar-refractivity contribution in [2.45, 2.75) is 25.7 Å². The number of sulfonamides is 1. The third kappa shape index (κ3) is 3.54. The molecule has 0 saturated heterocycles.